The van der Waals surface area contributed by atoms with Crippen molar-refractivity contribution in [2.24, 2.45) is 0 Å². The molecule has 0 N–H and O–H groups in total. The third kappa shape index (κ3) is 4.48. The molecule has 0 saturated carbocycles. The number of rotatable bonds is 4. The van der Waals surface area contributed by atoms with Gasteiger partial charge in [-0.15, -0.1) is 0 Å². The molecule has 3 rings (SSSR count). The maximum atomic E-state index is 6.26. The Morgan fingerprint density at radius 1 is 1.22 bits per heavy atom. The number of fused-ring (bicyclic) bond motifs is 1. The molecule has 1 aromatic carbocycles. The minimum atomic E-state index is 0. The van der Waals surface area contributed by atoms with Crippen LogP contribution in [0.15, 0.2) is 24.3 Å². The lowest BCUT2D eigenvalue weighted by Gasteiger charge is -2.37. The van der Waals surface area contributed by atoms with Gasteiger partial charge in [-0.2, -0.15) is 0 Å². The number of aromatic nitrogens is 1. The third-order valence-electron chi connectivity index (χ3n) is 4.66. The number of halogens is 2. The number of aryl methyl sites for hydroxylation is 1. The molecule has 126 valence electrons. The van der Waals surface area contributed by atoms with E-state index in [4.69, 9.17) is 16.3 Å². The lowest BCUT2D eigenvalue weighted by molar-refractivity contribution is -0.914. The van der Waals surface area contributed by atoms with Crippen LogP contribution in [0.25, 0.3) is 10.9 Å². The molecule has 1 aliphatic heterocycles. The highest BCUT2D eigenvalue weighted by Crippen LogP contribution is 2.30. The predicted octanol–water partition coefficient (Wildman–Crippen LogP) is 1.21. The van der Waals surface area contributed by atoms with Gasteiger partial charge in [0.25, 0.3) is 0 Å². The Labute approximate surface area is 160 Å². The maximum Gasteiger partial charge on any atom is 0.137 e. The minimum Gasteiger partial charge on any atom is -1.00 e. The molecule has 0 aliphatic carbocycles. The van der Waals surface area contributed by atoms with Gasteiger partial charge in [0.15, 0.2) is 0 Å². The highest BCUT2D eigenvalue weighted by molar-refractivity contribution is 6.35. The second kappa shape index (κ2) is 7.99. The zero-order chi connectivity index (χ0) is 15.6. The largest absolute Gasteiger partial charge is 1.00 e. The molecule has 1 saturated heterocycles. The highest BCUT2D eigenvalue weighted by atomic mass is 127. The number of hydrogen-bond donors (Lipinski definition) is 0. The van der Waals surface area contributed by atoms with Gasteiger partial charge in [0.2, 0.25) is 0 Å². The van der Waals surface area contributed by atoms with Crippen molar-refractivity contribution in [2.75, 3.05) is 33.3 Å². The Morgan fingerprint density at radius 3 is 2.70 bits per heavy atom. The van der Waals surface area contributed by atoms with Crippen LogP contribution in [0.2, 0.25) is 5.02 Å². The molecule has 0 bridgehead atoms. The number of pyridine rings is 1. The fourth-order valence-corrected chi connectivity index (χ4v) is 3.52. The molecule has 0 radical (unpaired) electrons. The molecular formula is C18H24ClIN2O. The number of ether oxygens (including phenoxy) is 1. The van der Waals surface area contributed by atoms with E-state index in [2.05, 4.69) is 12.0 Å². The van der Waals surface area contributed by atoms with E-state index >= 15 is 0 Å². The number of quaternary nitrogens is 1. The van der Waals surface area contributed by atoms with E-state index in [1.807, 2.05) is 31.2 Å². The van der Waals surface area contributed by atoms with E-state index < -0.39 is 0 Å². The Kier molecular flexibility index (Phi) is 6.51. The van der Waals surface area contributed by atoms with Crippen molar-refractivity contribution in [3.63, 3.8) is 0 Å². The first kappa shape index (κ1) is 18.7. The molecule has 5 heteroatoms. The Balaban J connectivity index is 0.00000192. The third-order valence-corrected chi connectivity index (χ3v) is 4.97. The number of likely N-dealkylation sites (tertiary alicyclic amines) is 1. The zero-order valence-electron chi connectivity index (χ0n) is 13.8. The van der Waals surface area contributed by atoms with Crippen molar-refractivity contribution < 1.29 is 33.2 Å². The van der Waals surface area contributed by atoms with E-state index in [-0.39, 0.29) is 24.0 Å². The summed E-state index contributed by atoms with van der Waals surface area (Å²) in [5.74, 6) is 0.897. The van der Waals surface area contributed by atoms with E-state index in [0.717, 1.165) is 40.0 Å². The van der Waals surface area contributed by atoms with Crippen LogP contribution in [0.5, 0.6) is 5.75 Å². The summed E-state index contributed by atoms with van der Waals surface area (Å²) >= 11 is 6.26. The van der Waals surface area contributed by atoms with E-state index in [9.17, 15) is 0 Å². The summed E-state index contributed by atoms with van der Waals surface area (Å²) in [6.07, 6.45) is 4.05. The molecule has 0 spiro atoms. The van der Waals surface area contributed by atoms with Crippen molar-refractivity contribution in [1.82, 2.24) is 4.98 Å². The van der Waals surface area contributed by atoms with Crippen LogP contribution in [-0.2, 0) is 0 Å². The second-order valence-electron chi connectivity index (χ2n) is 6.60. The SMILES string of the molecule is Cc1cc(OCC[N+]2(C)CCCCC2)c2cccc(Cl)c2n1.[I-]. The number of nitrogens with zero attached hydrogens (tertiary/aromatic N) is 2. The first-order valence-corrected chi connectivity index (χ1v) is 8.47. The molecule has 1 aromatic heterocycles. The summed E-state index contributed by atoms with van der Waals surface area (Å²) in [4.78, 5) is 4.53. The number of piperidine rings is 1. The predicted molar refractivity (Wildman–Crippen MR) is 91.6 cm³/mol. The Morgan fingerprint density at radius 2 is 1.96 bits per heavy atom. The molecule has 0 unspecified atom stereocenters. The summed E-state index contributed by atoms with van der Waals surface area (Å²) in [6.45, 7) is 6.32. The standard InChI is InChI=1S/C18H24ClN2O.HI/c1-14-13-17(15-7-6-8-16(19)18(15)20-14)22-12-11-21(2)9-4-3-5-10-21;/h6-8,13H,3-5,9-12H2,1-2H3;1H/q+1;/p-1. The number of benzene rings is 1. The van der Waals surface area contributed by atoms with Crippen LogP contribution in [0.3, 0.4) is 0 Å². The van der Waals surface area contributed by atoms with Gasteiger partial charge in [0.05, 0.1) is 30.7 Å². The molecule has 23 heavy (non-hydrogen) atoms. The fourth-order valence-electron chi connectivity index (χ4n) is 3.30. The van der Waals surface area contributed by atoms with Crippen molar-refractivity contribution >= 4 is 22.5 Å². The van der Waals surface area contributed by atoms with Crippen molar-refractivity contribution in [3.8, 4) is 5.75 Å². The summed E-state index contributed by atoms with van der Waals surface area (Å²) in [5.41, 5.74) is 1.77. The van der Waals surface area contributed by atoms with Gasteiger partial charge in [-0.1, -0.05) is 17.7 Å². The zero-order valence-corrected chi connectivity index (χ0v) is 16.7. The van der Waals surface area contributed by atoms with Gasteiger partial charge in [-0.3, -0.25) is 4.98 Å². The lowest BCUT2D eigenvalue weighted by atomic mass is 10.1. The first-order valence-electron chi connectivity index (χ1n) is 8.10. The monoisotopic (exact) mass is 446 g/mol. The topological polar surface area (TPSA) is 22.1 Å². The van der Waals surface area contributed by atoms with Crippen LogP contribution < -0.4 is 28.7 Å². The Bertz CT molecular complexity index is 671. The van der Waals surface area contributed by atoms with Crippen LogP contribution in [0.1, 0.15) is 25.0 Å². The smallest absolute Gasteiger partial charge is 0.137 e. The average molecular weight is 447 g/mol. The normalized spacial score (nSPS) is 16.8. The van der Waals surface area contributed by atoms with Gasteiger partial charge < -0.3 is 33.2 Å². The molecule has 3 nitrogen and oxygen atoms in total. The van der Waals surface area contributed by atoms with Gasteiger partial charge in [0.1, 0.15) is 18.9 Å². The molecule has 1 fully saturated rings. The van der Waals surface area contributed by atoms with Crippen molar-refractivity contribution in [1.29, 1.82) is 0 Å². The van der Waals surface area contributed by atoms with E-state index in [1.165, 1.54) is 32.4 Å². The maximum absolute atomic E-state index is 6.26. The molecule has 2 heterocycles. The van der Waals surface area contributed by atoms with Crippen LogP contribution >= 0.6 is 11.6 Å². The molecule has 2 aromatic rings. The van der Waals surface area contributed by atoms with Gasteiger partial charge in [-0.25, -0.2) is 0 Å². The van der Waals surface area contributed by atoms with Gasteiger partial charge >= 0.3 is 0 Å². The minimum absolute atomic E-state index is 0. The number of para-hydroxylation sites is 1. The van der Waals surface area contributed by atoms with Gasteiger partial charge in [0, 0.05) is 17.1 Å². The molecule has 0 amide bonds. The molecular weight excluding hydrogens is 423 g/mol. The number of likely N-dealkylation sites (N-methyl/N-ethyl adjacent to an activating group) is 1. The summed E-state index contributed by atoms with van der Waals surface area (Å²) in [5, 5.41) is 1.68. The Hall–Kier alpha value is -0.590. The molecule has 1 aliphatic rings. The first-order chi connectivity index (χ1) is 10.6. The summed E-state index contributed by atoms with van der Waals surface area (Å²) in [7, 11) is 2.34. The summed E-state index contributed by atoms with van der Waals surface area (Å²) < 4.78 is 7.24. The summed E-state index contributed by atoms with van der Waals surface area (Å²) in [6, 6.07) is 7.86. The van der Waals surface area contributed by atoms with Crippen LogP contribution in [0.4, 0.5) is 0 Å². The second-order valence-corrected chi connectivity index (χ2v) is 7.00. The van der Waals surface area contributed by atoms with Crippen molar-refractivity contribution in [2.45, 2.75) is 26.2 Å². The van der Waals surface area contributed by atoms with Crippen molar-refractivity contribution in [3.05, 3.63) is 35.0 Å². The molecule has 0 atom stereocenters. The lowest BCUT2D eigenvalue weighted by Crippen LogP contribution is -3.00. The average Bonchev–Trinajstić information content (AvgIpc) is 2.49. The van der Waals surface area contributed by atoms with Crippen LogP contribution in [-0.4, -0.2) is 42.8 Å². The highest BCUT2D eigenvalue weighted by Gasteiger charge is 2.24. The quantitative estimate of drug-likeness (QED) is 0.520. The van der Waals surface area contributed by atoms with Crippen LogP contribution in [0, 0.1) is 6.92 Å². The van der Waals surface area contributed by atoms with E-state index in [1.54, 1.807) is 0 Å². The fraction of sp³-hybridized carbons (Fsp3) is 0.500. The van der Waals surface area contributed by atoms with Gasteiger partial charge in [-0.05, 0) is 38.3 Å². The van der Waals surface area contributed by atoms with E-state index in [0.29, 0.717) is 5.02 Å². The number of hydrogen-bond acceptors (Lipinski definition) is 2.